The van der Waals surface area contributed by atoms with Crippen molar-refractivity contribution in [3.05, 3.63) is 51.2 Å². The molecule has 1 aromatic carbocycles. The Morgan fingerprint density at radius 3 is 2.58 bits per heavy atom. The average molecular weight is 549 g/mol. The zero-order valence-electron chi connectivity index (χ0n) is 21.8. The first kappa shape index (κ1) is 27.7. The van der Waals surface area contributed by atoms with Gasteiger partial charge in [-0.05, 0) is 44.5 Å². The first-order chi connectivity index (χ1) is 17.9. The summed E-state index contributed by atoms with van der Waals surface area (Å²) in [6.45, 7) is 4.14. The SMILES string of the molecule is CC(C)c1cc(OCCOC(=O)CN(C)C)cc2c1C(=O)N(C(O)c1cc(=O)n3c(n1)CCCC3)S2(=O)=O. The van der Waals surface area contributed by atoms with Gasteiger partial charge in [-0.15, -0.1) is 0 Å². The minimum absolute atomic E-state index is 0.0290. The second-order valence-electron chi connectivity index (χ2n) is 9.87. The molecule has 38 heavy (non-hydrogen) atoms. The molecular weight excluding hydrogens is 516 g/mol. The second-order valence-corrected chi connectivity index (χ2v) is 11.7. The van der Waals surface area contributed by atoms with Gasteiger partial charge in [0.05, 0.1) is 17.8 Å². The summed E-state index contributed by atoms with van der Waals surface area (Å²) in [5.74, 6) is -0.963. The number of aliphatic hydroxyl groups is 1. The molecule has 0 radical (unpaired) electrons. The fourth-order valence-electron chi connectivity index (χ4n) is 4.58. The molecule has 3 heterocycles. The number of fused-ring (bicyclic) bond motifs is 2. The van der Waals surface area contributed by atoms with Crippen molar-refractivity contribution < 1.29 is 32.6 Å². The van der Waals surface area contributed by atoms with Gasteiger partial charge in [-0.25, -0.2) is 13.4 Å². The Kier molecular flexibility index (Phi) is 7.90. The van der Waals surface area contributed by atoms with Gasteiger partial charge in [-0.1, -0.05) is 13.8 Å². The van der Waals surface area contributed by atoms with Crippen LogP contribution in [0.2, 0.25) is 0 Å². The van der Waals surface area contributed by atoms with Gasteiger partial charge in [0.25, 0.3) is 21.5 Å². The molecule has 1 amide bonds. The number of esters is 1. The van der Waals surface area contributed by atoms with E-state index < -0.39 is 33.7 Å². The number of nitrogens with zero attached hydrogens (tertiary/aromatic N) is 4. The van der Waals surface area contributed by atoms with Crippen molar-refractivity contribution in [2.24, 2.45) is 0 Å². The van der Waals surface area contributed by atoms with E-state index >= 15 is 0 Å². The van der Waals surface area contributed by atoms with Crippen molar-refractivity contribution in [3.8, 4) is 5.75 Å². The molecule has 2 aliphatic heterocycles. The van der Waals surface area contributed by atoms with E-state index in [4.69, 9.17) is 9.47 Å². The molecular formula is C25H32N4O8S. The Hall–Kier alpha value is -3.29. The van der Waals surface area contributed by atoms with Crippen molar-refractivity contribution in [2.75, 3.05) is 33.9 Å². The first-order valence-electron chi connectivity index (χ1n) is 12.4. The summed E-state index contributed by atoms with van der Waals surface area (Å²) in [4.78, 5) is 43.4. The smallest absolute Gasteiger partial charge is 0.320 e. The van der Waals surface area contributed by atoms with E-state index in [-0.39, 0.29) is 47.6 Å². The van der Waals surface area contributed by atoms with Gasteiger partial charge in [-0.3, -0.25) is 23.9 Å². The van der Waals surface area contributed by atoms with Gasteiger partial charge in [0.15, 0.2) is 6.23 Å². The summed E-state index contributed by atoms with van der Waals surface area (Å²) in [6.07, 6.45) is 0.180. The fourth-order valence-corrected chi connectivity index (χ4v) is 6.20. The zero-order chi connectivity index (χ0) is 27.8. The molecule has 206 valence electrons. The third kappa shape index (κ3) is 5.31. The van der Waals surface area contributed by atoms with Gasteiger partial charge < -0.3 is 14.6 Å². The quantitative estimate of drug-likeness (QED) is 0.356. The highest BCUT2D eigenvalue weighted by Gasteiger charge is 2.48. The summed E-state index contributed by atoms with van der Waals surface area (Å²) in [5.41, 5.74) is -0.243. The van der Waals surface area contributed by atoms with E-state index in [1.165, 1.54) is 10.6 Å². The standard InChI is InChI=1S/C25H32N4O8S/c1-15(2)17-11-16(36-9-10-37-22(31)14-27(3)4)12-19-23(17)25(33)29(38(19,34)35)24(32)18-13-21(30)28-8-6-5-7-20(28)26-18/h11-13,15,24,32H,5-10,14H2,1-4H3. The molecule has 1 N–H and O–H groups in total. The maximum absolute atomic E-state index is 13.5. The minimum atomic E-state index is -4.50. The maximum Gasteiger partial charge on any atom is 0.320 e. The van der Waals surface area contributed by atoms with Crippen LogP contribution in [0.25, 0.3) is 0 Å². The number of hydrogen-bond donors (Lipinski definition) is 1. The lowest BCUT2D eigenvalue weighted by Gasteiger charge is -2.23. The van der Waals surface area contributed by atoms with Crippen molar-refractivity contribution in [2.45, 2.75) is 56.7 Å². The van der Waals surface area contributed by atoms with E-state index in [0.717, 1.165) is 18.9 Å². The molecule has 0 aliphatic carbocycles. The number of sulfonamides is 1. The molecule has 2 aromatic rings. The van der Waals surface area contributed by atoms with Crippen LogP contribution in [-0.4, -0.2) is 78.0 Å². The van der Waals surface area contributed by atoms with E-state index in [1.54, 1.807) is 38.9 Å². The first-order valence-corrected chi connectivity index (χ1v) is 13.8. The number of carbonyl (C=O) groups excluding carboxylic acids is 2. The number of aromatic nitrogens is 2. The lowest BCUT2D eigenvalue weighted by Crippen LogP contribution is -2.37. The number of benzene rings is 1. The number of carbonyl (C=O) groups is 2. The number of hydrogen-bond acceptors (Lipinski definition) is 10. The molecule has 0 saturated carbocycles. The Morgan fingerprint density at radius 1 is 1.16 bits per heavy atom. The van der Waals surface area contributed by atoms with E-state index in [2.05, 4.69) is 4.98 Å². The summed E-state index contributed by atoms with van der Waals surface area (Å²) < 4.78 is 39.7. The largest absolute Gasteiger partial charge is 0.490 e. The molecule has 1 atom stereocenters. The molecule has 1 aromatic heterocycles. The summed E-state index contributed by atoms with van der Waals surface area (Å²) in [6, 6.07) is 3.86. The second kappa shape index (κ2) is 10.8. The monoisotopic (exact) mass is 548 g/mol. The number of aryl methyl sites for hydroxylation is 1. The molecule has 0 spiro atoms. The van der Waals surface area contributed by atoms with Gasteiger partial charge in [0, 0.05) is 25.1 Å². The zero-order valence-corrected chi connectivity index (χ0v) is 22.7. The lowest BCUT2D eigenvalue weighted by atomic mass is 9.96. The molecule has 4 rings (SSSR count). The van der Waals surface area contributed by atoms with Gasteiger partial charge in [0.2, 0.25) is 0 Å². The molecule has 1 unspecified atom stereocenters. The Bertz CT molecular complexity index is 1420. The Morgan fingerprint density at radius 2 is 1.89 bits per heavy atom. The Balaban J connectivity index is 1.62. The van der Waals surface area contributed by atoms with Crippen molar-refractivity contribution in [1.82, 2.24) is 18.8 Å². The van der Waals surface area contributed by atoms with Crippen LogP contribution in [0, 0.1) is 0 Å². The van der Waals surface area contributed by atoms with Gasteiger partial charge in [-0.2, -0.15) is 4.31 Å². The van der Waals surface area contributed by atoms with E-state index in [9.17, 15) is 27.9 Å². The third-order valence-corrected chi connectivity index (χ3v) is 8.13. The van der Waals surface area contributed by atoms with Crippen LogP contribution in [-0.2, 0) is 32.5 Å². The van der Waals surface area contributed by atoms with Crippen LogP contribution in [0.4, 0.5) is 0 Å². The average Bonchev–Trinajstić information content (AvgIpc) is 3.05. The fraction of sp³-hybridized carbons (Fsp3) is 0.520. The van der Waals surface area contributed by atoms with Crippen LogP contribution < -0.4 is 10.3 Å². The molecule has 0 saturated heterocycles. The molecule has 13 heteroatoms. The van der Waals surface area contributed by atoms with Crippen LogP contribution in [0.15, 0.2) is 27.9 Å². The Labute approximate surface area is 220 Å². The summed E-state index contributed by atoms with van der Waals surface area (Å²) in [5, 5.41) is 11.0. The highest BCUT2D eigenvalue weighted by Crippen LogP contribution is 2.41. The van der Waals surface area contributed by atoms with Gasteiger partial charge >= 0.3 is 5.97 Å². The maximum atomic E-state index is 13.5. The number of aliphatic hydroxyl groups excluding tert-OH is 1. The lowest BCUT2D eigenvalue weighted by molar-refractivity contribution is -0.145. The van der Waals surface area contributed by atoms with Crippen LogP contribution in [0.3, 0.4) is 0 Å². The third-order valence-electron chi connectivity index (χ3n) is 6.37. The predicted octanol–water partition coefficient (Wildman–Crippen LogP) is 1.02. The molecule has 0 fully saturated rings. The van der Waals surface area contributed by atoms with Gasteiger partial charge in [0.1, 0.15) is 29.7 Å². The molecule has 2 aliphatic rings. The van der Waals surface area contributed by atoms with Crippen LogP contribution >= 0.6 is 0 Å². The van der Waals surface area contributed by atoms with E-state index in [1.807, 2.05) is 0 Å². The number of rotatable bonds is 9. The summed E-state index contributed by atoms with van der Waals surface area (Å²) >= 11 is 0. The van der Waals surface area contributed by atoms with E-state index in [0.29, 0.717) is 28.7 Å². The van der Waals surface area contributed by atoms with Crippen LogP contribution in [0.1, 0.15) is 66.3 Å². The number of amides is 1. The number of ether oxygens (including phenoxy) is 2. The van der Waals surface area contributed by atoms with Crippen molar-refractivity contribution >= 4 is 21.9 Å². The summed E-state index contributed by atoms with van der Waals surface area (Å²) in [7, 11) is -1.03. The highest BCUT2D eigenvalue weighted by atomic mass is 32.2. The topological polar surface area (TPSA) is 148 Å². The predicted molar refractivity (Wildman–Crippen MR) is 135 cm³/mol. The van der Waals surface area contributed by atoms with Crippen molar-refractivity contribution in [1.29, 1.82) is 0 Å². The number of likely N-dealkylation sites (N-methyl/N-ethyl adjacent to an activating group) is 1. The van der Waals surface area contributed by atoms with Crippen molar-refractivity contribution in [3.63, 3.8) is 0 Å². The van der Waals surface area contributed by atoms with Crippen LogP contribution in [0.5, 0.6) is 5.75 Å². The molecule has 0 bridgehead atoms. The highest BCUT2D eigenvalue weighted by molar-refractivity contribution is 7.90. The molecule has 12 nitrogen and oxygen atoms in total. The minimum Gasteiger partial charge on any atom is -0.490 e. The normalized spacial score (nSPS) is 16.9.